The minimum absolute atomic E-state index is 0.0421. The maximum atomic E-state index is 12.5. The Morgan fingerprint density at radius 1 is 1.15 bits per heavy atom. The minimum Gasteiger partial charge on any atom is -0.486 e. The number of likely N-dealkylation sites (tertiary alicyclic amines) is 1. The van der Waals surface area contributed by atoms with Gasteiger partial charge in [0.1, 0.15) is 13.2 Å². The van der Waals surface area contributed by atoms with E-state index in [1.54, 1.807) is 18.5 Å². The lowest BCUT2D eigenvalue weighted by Gasteiger charge is -2.33. The molecule has 1 N–H and O–H groups in total. The second-order valence-electron chi connectivity index (χ2n) is 6.74. The molecule has 2 aliphatic rings. The molecule has 1 atom stereocenters. The molecule has 0 aliphatic carbocycles. The Labute approximate surface area is 158 Å². The van der Waals surface area contributed by atoms with Crippen LogP contribution in [0.1, 0.15) is 18.4 Å². The standard InChI is InChI=1S/C21H23N3O3/c25-21(6-3-16-7-9-22-10-8-16)24-11-1-2-18(15-24)23-17-4-5-19-20(14-17)27-13-12-26-19/h3-10,14,18,23H,1-2,11-13,15H2. The average Bonchev–Trinajstić information content (AvgIpc) is 2.73. The van der Waals surface area contributed by atoms with Gasteiger partial charge in [0.2, 0.25) is 5.91 Å². The van der Waals surface area contributed by atoms with Gasteiger partial charge in [-0.2, -0.15) is 0 Å². The molecule has 1 aromatic heterocycles. The predicted molar refractivity (Wildman–Crippen MR) is 104 cm³/mol. The molecule has 1 amide bonds. The van der Waals surface area contributed by atoms with Crippen molar-refractivity contribution in [2.45, 2.75) is 18.9 Å². The molecule has 0 radical (unpaired) electrons. The summed E-state index contributed by atoms with van der Waals surface area (Å²) in [5.74, 6) is 1.60. The van der Waals surface area contributed by atoms with E-state index < -0.39 is 0 Å². The predicted octanol–water partition coefficient (Wildman–Crippen LogP) is 2.97. The smallest absolute Gasteiger partial charge is 0.246 e. The third kappa shape index (κ3) is 4.39. The van der Waals surface area contributed by atoms with Crippen molar-refractivity contribution in [1.82, 2.24) is 9.88 Å². The number of hydrogen-bond donors (Lipinski definition) is 1. The Kier molecular flexibility index (Phi) is 5.23. The molecular formula is C21H23N3O3. The highest BCUT2D eigenvalue weighted by Crippen LogP contribution is 2.33. The van der Waals surface area contributed by atoms with Crippen LogP contribution < -0.4 is 14.8 Å². The van der Waals surface area contributed by atoms with Crippen LogP contribution in [0.3, 0.4) is 0 Å². The van der Waals surface area contributed by atoms with E-state index in [4.69, 9.17) is 9.47 Å². The molecule has 3 heterocycles. The zero-order valence-electron chi connectivity index (χ0n) is 15.1. The maximum Gasteiger partial charge on any atom is 0.246 e. The first-order valence-electron chi connectivity index (χ1n) is 9.31. The number of fused-ring (bicyclic) bond motifs is 1. The van der Waals surface area contributed by atoms with Crippen molar-refractivity contribution in [3.05, 3.63) is 54.4 Å². The summed E-state index contributed by atoms with van der Waals surface area (Å²) in [5.41, 5.74) is 1.96. The number of benzene rings is 1. The highest BCUT2D eigenvalue weighted by atomic mass is 16.6. The van der Waals surface area contributed by atoms with Crippen molar-refractivity contribution < 1.29 is 14.3 Å². The Hall–Kier alpha value is -3.02. The molecule has 0 saturated carbocycles. The van der Waals surface area contributed by atoms with E-state index in [0.29, 0.717) is 19.8 Å². The second-order valence-corrected chi connectivity index (χ2v) is 6.74. The molecule has 2 aromatic rings. The average molecular weight is 365 g/mol. The second kappa shape index (κ2) is 8.12. The number of pyridine rings is 1. The summed E-state index contributed by atoms with van der Waals surface area (Å²) in [4.78, 5) is 18.4. The fourth-order valence-electron chi connectivity index (χ4n) is 3.41. The molecule has 6 heteroatoms. The molecule has 0 spiro atoms. The van der Waals surface area contributed by atoms with Crippen LogP contribution in [0.25, 0.3) is 6.08 Å². The number of nitrogens with one attached hydrogen (secondary N) is 1. The first-order valence-corrected chi connectivity index (χ1v) is 9.31. The molecule has 0 bridgehead atoms. The SMILES string of the molecule is O=C(C=Cc1ccncc1)N1CCCC(Nc2ccc3c(c2)OCCO3)C1. The maximum absolute atomic E-state index is 12.5. The van der Waals surface area contributed by atoms with E-state index in [2.05, 4.69) is 10.3 Å². The fraction of sp³-hybridized carbons (Fsp3) is 0.333. The van der Waals surface area contributed by atoms with Crippen LogP contribution in [0, 0.1) is 0 Å². The summed E-state index contributed by atoms with van der Waals surface area (Å²) >= 11 is 0. The number of carbonyl (C=O) groups is 1. The third-order valence-corrected chi connectivity index (χ3v) is 4.77. The van der Waals surface area contributed by atoms with Crippen molar-refractivity contribution in [1.29, 1.82) is 0 Å². The molecule has 1 aromatic carbocycles. The Morgan fingerprint density at radius 3 is 2.81 bits per heavy atom. The first kappa shape index (κ1) is 17.4. The molecule has 1 saturated heterocycles. The Morgan fingerprint density at radius 2 is 1.96 bits per heavy atom. The number of piperidine rings is 1. The number of nitrogens with zero attached hydrogens (tertiary/aromatic N) is 2. The van der Waals surface area contributed by atoms with Crippen molar-refractivity contribution in [2.75, 3.05) is 31.6 Å². The number of hydrogen-bond acceptors (Lipinski definition) is 5. The van der Waals surface area contributed by atoms with E-state index in [1.165, 1.54) is 0 Å². The van der Waals surface area contributed by atoms with Crippen molar-refractivity contribution in [3.8, 4) is 11.5 Å². The number of ether oxygens (including phenoxy) is 2. The quantitative estimate of drug-likeness (QED) is 0.844. The lowest BCUT2D eigenvalue weighted by Crippen LogP contribution is -2.44. The van der Waals surface area contributed by atoms with Gasteiger partial charge in [0.05, 0.1) is 0 Å². The van der Waals surface area contributed by atoms with Crippen LogP contribution in [0.2, 0.25) is 0 Å². The molecule has 1 fully saturated rings. The molecule has 2 aliphatic heterocycles. The third-order valence-electron chi connectivity index (χ3n) is 4.77. The zero-order chi connectivity index (χ0) is 18.5. The molecule has 27 heavy (non-hydrogen) atoms. The number of aromatic nitrogens is 1. The van der Waals surface area contributed by atoms with E-state index in [0.717, 1.165) is 42.1 Å². The van der Waals surface area contributed by atoms with Crippen LogP contribution in [0.15, 0.2) is 48.8 Å². The van der Waals surface area contributed by atoms with Gasteiger partial charge < -0.3 is 19.7 Å². The van der Waals surface area contributed by atoms with E-state index in [1.807, 2.05) is 41.3 Å². The fourth-order valence-corrected chi connectivity index (χ4v) is 3.41. The molecule has 1 unspecified atom stereocenters. The van der Waals surface area contributed by atoms with Gasteiger partial charge >= 0.3 is 0 Å². The Bertz CT molecular complexity index is 823. The highest BCUT2D eigenvalue weighted by molar-refractivity contribution is 5.91. The topological polar surface area (TPSA) is 63.7 Å². The number of anilines is 1. The van der Waals surface area contributed by atoms with E-state index in [9.17, 15) is 4.79 Å². The van der Waals surface area contributed by atoms with E-state index >= 15 is 0 Å². The lowest BCUT2D eigenvalue weighted by atomic mass is 10.0. The van der Waals surface area contributed by atoms with Crippen LogP contribution in [-0.4, -0.2) is 48.1 Å². The Balaban J connectivity index is 1.36. The minimum atomic E-state index is 0.0421. The molecule has 6 nitrogen and oxygen atoms in total. The summed E-state index contributed by atoms with van der Waals surface area (Å²) in [6, 6.07) is 9.88. The van der Waals surface area contributed by atoms with Gasteiger partial charge in [0.25, 0.3) is 0 Å². The van der Waals surface area contributed by atoms with Crippen molar-refractivity contribution in [2.24, 2.45) is 0 Å². The van der Waals surface area contributed by atoms with Crippen LogP contribution in [0.5, 0.6) is 11.5 Å². The highest BCUT2D eigenvalue weighted by Gasteiger charge is 2.23. The lowest BCUT2D eigenvalue weighted by molar-refractivity contribution is -0.126. The molecule has 4 rings (SSSR count). The van der Waals surface area contributed by atoms with Gasteiger partial charge in [0, 0.05) is 49.4 Å². The monoisotopic (exact) mass is 365 g/mol. The summed E-state index contributed by atoms with van der Waals surface area (Å²) < 4.78 is 11.2. The van der Waals surface area contributed by atoms with Gasteiger partial charge in [-0.3, -0.25) is 9.78 Å². The van der Waals surface area contributed by atoms with Gasteiger partial charge in [0.15, 0.2) is 11.5 Å². The van der Waals surface area contributed by atoms with Crippen molar-refractivity contribution >= 4 is 17.7 Å². The number of rotatable bonds is 4. The summed E-state index contributed by atoms with van der Waals surface area (Å²) in [5, 5.41) is 3.53. The number of amides is 1. The van der Waals surface area contributed by atoms with Crippen LogP contribution in [0.4, 0.5) is 5.69 Å². The summed E-state index contributed by atoms with van der Waals surface area (Å²) in [6.45, 7) is 2.64. The van der Waals surface area contributed by atoms with Gasteiger partial charge in [-0.1, -0.05) is 0 Å². The normalized spacial score (nSPS) is 19.1. The van der Waals surface area contributed by atoms with Crippen LogP contribution in [-0.2, 0) is 4.79 Å². The van der Waals surface area contributed by atoms with E-state index in [-0.39, 0.29) is 11.9 Å². The summed E-state index contributed by atoms with van der Waals surface area (Å²) in [6.07, 6.45) is 8.93. The first-order chi connectivity index (χ1) is 13.3. The largest absolute Gasteiger partial charge is 0.486 e. The van der Waals surface area contributed by atoms with Gasteiger partial charge in [-0.25, -0.2) is 0 Å². The zero-order valence-corrected chi connectivity index (χ0v) is 15.1. The number of carbonyl (C=O) groups excluding carboxylic acids is 1. The van der Waals surface area contributed by atoms with Crippen LogP contribution >= 0.6 is 0 Å². The summed E-state index contributed by atoms with van der Waals surface area (Å²) in [7, 11) is 0. The van der Waals surface area contributed by atoms with Gasteiger partial charge in [-0.15, -0.1) is 0 Å². The molecule has 140 valence electrons. The van der Waals surface area contributed by atoms with Gasteiger partial charge in [-0.05, 0) is 48.7 Å². The van der Waals surface area contributed by atoms with Crippen molar-refractivity contribution in [3.63, 3.8) is 0 Å². The molecular weight excluding hydrogens is 342 g/mol.